The van der Waals surface area contributed by atoms with Crippen LogP contribution < -0.4 is 10.6 Å². The maximum atomic E-state index is 13.6. The molecule has 0 bridgehead atoms. The molecule has 144 valence electrons. The third-order valence-corrected chi connectivity index (χ3v) is 4.52. The molecule has 1 aliphatic rings. The van der Waals surface area contributed by atoms with Crippen molar-refractivity contribution < 1.29 is 23.1 Å². The zero-order valence-corrected chi connectivity index (χ0v) is 15.0. The van der Waals surface area contributed by atoms with E-state index in [9.17, 15) is 14.0 Å². The van der Waals surface area contributed by atoms with Crippen molar-refractivity contribution in [3.05, 3.63) is 54.2 Å². The minimum absolute atomic E-state index is 0.141. The lowest BCUT2D eigenvalue weighted by Gasteiger charge is -2.30. The van der Waals surface area contributed by atoms with E-state index in [0.717, 1.165) is 0 Å². The largest absolute Gasteiger partial charge is 0.459 e. The number of nitrogens with one attached hydrogen (secondary N) is 2. The Balaban J connectivity index is 1.80. The van der Waals surface area contributed by atoms with Gasteiger partial charge in [-0.1, -0.05) is 6.07 Å². The summed E-state index contributed by atoms with van der Waals surface area (Å²) in [6.07, 6.45) is 1.81. The van der Waals surface area contributed by atoms with Crippen molar-refractivity contribution in [1.29, 1.82) is 0 Å². The molecule has 1 aromatic carbocycles. The van der Waals surface area contributed by atoms with Crippen LogP contribution >= 0.6 is 0 Å². The second kappa shape index (κ2) is 8.22. The summed E-state index contributed by atoms with van der Waals surface area (Å²) in [5.41, 5.74) is -0.590. The van der Waals surface area contributed by atoms with Gasteiger partial charge in [0.1, 0.15) is 11.4 Å². The predicted molar refractivity (Wildman–Crippen MR) is 96.9 cm³/mol. The molecule has 8 heteroatoms. The van der Waals surface area contributed by atoms with Gasteiger partial charge in [0.15, 0.2) is 5.76 Å². The quantitative estimate of drug-likeness (QED) is 0.722. The lowest BCUT2D eigenvalue weighted by atomic mass is 9.96. The van der Waals surface area contributed by atoms with Crippen LogP contribution in [0.2, 0.25) is 0 Å². The zero-order valence-electron chi connectivity index (χ0n) is 15.0. The van der Waals surface area contributed by atoms with E-state index in [1.807, 2.05) is 0 Å². The molecule has 2 heterocycles. The number of nitrogens with zero attached hydrogens (tertiary/aromatic N) is 1. The highest BCUT2D eigenvalue weighted by Gasteiger charge is 2.46. The topological polar surface area (TPSA) is 83.8 Å². The van der Waals surface area contributed by atoms with Crippen molar-refractivity contribution in [3.8, 4) is 0 Å². The lowest BCUT2D eigenvalue weighted by Crippen LogP contribution is -2.55. The molecule has 0 saturated carbocycles. The van der Waals surface area contributed by atoms with Crippen LogP contribution in [0.4, 0.5) is 10.1 Å². The second-order valence-electron chi connectivity index (χ2n) is 6.42. The average molecular weight is 375 g/mol. The molecule has 0 aliphatic carbocycles. The minimum Gasteiger partial charge on any atom is -0.459 e. The molecule has 3 rings (SSSR count). The monoisotopic (exact) mass is 375 g/mol. The first-order valence-corrected chi connectivity index (χ1v) is 8.68. The number of anilines is 1. The maximum absolute atomic E-state index is 13.6. The molecule has 0 radical (unpaired) electrons. The molecule has 1 aromatic heterocycles. The number of hydrogen-bond acceptors (Lipinski definition) is 5. The third-order valence-electron chi connectivity index (χ3n) is 4.52. The highest BCUT2D eigenvalue weighted by molar-refractivity contribution is 5.95. The first-order chi connectivity index (χ1) is 13.0. The summed E-state index contributed by atoms with van der Waals surface area (Å²) in [6.45, 7) is 1.23. The highest BCUT2D eigenvalue weighted by atomic mass is 19.1. The molecule has 2 amide bonds. The van der Waals surface area contributed by atoms with Gasteiger partial charge in [0.25, 0.3) is 5.91 Å². The molecule has 1 atom stereocenters. The third kappa shape index (κ3) is 4.28. The molecule has 27 heavy (non-hydrogen) atoms. The number of furan rings is 1. The second-order valence-corrected chi connectivity index (χ2v) is 6.42. The molecule has 1 fully saturated rings. The van der Waals surface area contributed by atoms with Crippen molar-refractivity contribution in [2.45, 2.75) is 12.0 Å². The summed E-state index contributed by atoms with van der Waals surface area (Å²) < 4.78 is 23.7. The van der Waals surface area contributed by atoms with Crippen molar-refractivity contribution in [2.24, 2.45) is 0 Å². The van der Waals surface area contributed by atoms with Crippen LogP contribution in [0.25, 0.3) is 0 Å². The van der Waals surface area contributed by atoms with E-state index in [1.54, 1.807) is 36.3 Å². The molecule has 0 spiro atoms. The molecule has 1 unspecified atom stereocenters. The van der Waals surface area contributed by atoms with Crippen molar-refractivity contribution in [2.75, 3.05) is 38.7 Å². The Bertz CT molecular complexity index is 796. The van der Waals surface area contributed by atoms with Gasteiger partial charge in [-0.05, 0) is 36.8 Å². The summed E-state index contributed by atoms with van der Waals surface area (Å²) >= 11 is 0. The predicted octanol–water partition coefficient (Wildman–Crippen LogP) is 1.88. The van der Waals surface area contributed by atoms with E-state index in [1.165, 1.54) is 18.4 Å². The highest BCUT2D eigenvalue weighted by Crippen LogP contribution is 2.28. The summed E-state index contributed by atoms with van der Waals surface area (Å²) in [7, 11) is 1.55. The summed E-state index contributed by atoms with van der Waals surface area (Å²) in [5, 5.41) is 5.95. The smallest absolute Gasteiger partial charge is 0.289 e. The molecule has 2 N–H and O–H groups in total. The van der Waals surface area contributed by atoms with Crippen LogP contribution in [0.15, 0.2) is 47.1 Å². The van der Waals surface area contributed by atoms with E-state index in [4.69, 9.17) is 9.15 Å². The number of likely N-dealkylation sites (tertiary alicyclic amines) is 1. The van der Waals surface area contributed by atoms with Crippen LogP contribution in [0, 0.1) is 5.82 Å². The average Bonchev–Trinajstić information content (AvgIpc) is 3.32. The fourth-order valence-corrected chi connectivity index (χ4v) is 3.16. The number of carbonyl (C=O) groups excluding carboxylic acids is 2. The van der Waals surface area contributed by atoms with E-state index in [2.05, 4.69) is 10.6 Å². The minimum atomic E-state index is -1.07. The van der Waals surface area contributed by atoms with Crippen LogP contribution in [0.3, 0.4) is 0 Å². The van der Waals surface area contributed by atoms with Gasteiger partial charge in [-0.25, -0.2) is 4.39 Å². The number of benzene rings is 1. The number of halogens is 1. The standard InChI is InChI=1S/C19H22FN3O4/c1-26-11-8-21-18(25)19(22-15-5-2-4-14(20)12-15)7-9-23(13-19)17(24)16-6-3-10-27-16/h2-6,10,12,22H,7-9,11,13H2,1H3,(H,21,25). The maximum Gasteiger partial charge on any atom is 0.289 e. The van der Waals surface area contributed by atoms with E-state index >= 15 is 0 Å². The van der Waals surface area contributed by atoms with Gasteiger partial charge in [0, 0.05) is 25.9 Å². The van der Waals surface area contributed by atoms with Gasteiger partial charge >= 0.3 is 0 Å². The molecule has 1 saturated heterocycles. The Morgan fingerprint density at radius 2 is 2.19 bits per heavy atom. The zero-order chi connectivity index (χ0) is 19.3. The lowest BCUT2D eigenvalue weighted by molar-refractivity contribution is -0.125. The SMILES string of the molecule is COCCNC(=O)C1(Nc2cccc(F)c2)CCN(C(=O)c2ccco2)C1. The van der Waals surface area contributed by atoms with Crippen LogP contribution in [0.5, 0.6) is 0 Å². The first-order valence-electron chi connectivity index (χ1n) is 8.68. The summed E-state index contributed by atoms with van der Waals surface area (Å²) in [6, 6.07) is 9.12. The van der Waals surface area contributed by atoms with E-state index in [-0.39, 0.29) is 24.1 Å². The van der Waals surface area contributed by atoms with Gasteiger partial charge in [0.05, 0.1) is 19.4 Å². The number of rotatable bonds is 7. The molecular formula is C19H22FN3O4. The fraction of sp³-hybridized carbons (Fsp3) is 0.368. The Hall–Kier alpha value is -2.87. The van der Waals surface area contributed by atoms with Crippen LogP contribution in [0.1, 0.15) is 17.0 Å². The number of amides is 2. The summed E-state index contributed by atoms with van der Waals surface area (Å²) in [5.74, 6) is -0.737. The van der Waals surface area contributed by atoms with E-state index < -0.39 is 11.4 Å². The van der Waals surface area contributed by atoms with Gasteiger partial charge in [-0.3, -0.25) is 9.59 Å². The van der Waals surface area contributed by atoms with Crippen molar-refractivity contribution >= 4 is 17.5 Å². The Morgan fingerprint density at radius 1 is 1.33 bits per heavy atom. The molecule has 2 aromatic rings. The van der Waals surface area contributed by atoms with Crippen LogP contribution in [-0.4, -0.2) is 55.6 Å². The number of carbonyl (C=O) groups is 2. The normalized spacial score (nSPS) is 19.1. The Labute approximate surface area is 156 Å². The van der Waals surface area contributed by atoms with Crippen molar-refractivity contribution in [1.82, 2.24) is 10.2 Å². The number of methoxy groups -OCH3 is 1. The Kier molecular flexibility index (Phi) is 5.75. The number of ether oxygens (including phenoxy) is 1. The van der Waals surface area contributed by atoms with Gasteiger partial charge < -0.3 is 24.7 Å². The molecule has 1 aliphatic heterocycles. The van der Waals surface area contributed by atoms with Crippen molar-refractivity contribution in [3.63, 3.8) is 0 Å². The van der Waals surface area contributed by atoms with Gasteiger partial charge in [-0.15, -0.1) is 0 Å². The van der Waals surface area contributed by atoms with E-state index in [0.29, 0.717) is 31.8 Å². The Morgan fingerprint density at radius 3 is 2.89 bits per heavy atom. The van der Waals surface area contributed by atoms with Crippen LogP contribution in [-0.2, 0) is 9.53 Å². The number of hydrogen-bond donors (Lipinski definition) is 2. The van der Waals surface area contributed by atoms with Gasteiger partial charge in [0.2, 0.25) is 5.91 Å². The first kappa shape index (κ1) is 18.9. The van der Waals surface area contributed by atoms with Gasteiger partial charge in [-0.2, -0.15) is 0 Å². The molecular weight excluding hydrogens is 353 g/mol. The fourth-order valence-electron chi connectivity index (χ4n) is 3.16. The summed E-state index contributed by atoms with van der Waals surface area (Å²) in [4.78, 5) is 27.0. The molecule has 7 nitrogen and oxygen atoms in total.